The molecule has 1 aliphatic rings. The highest BCUT2D eigenvalue weighted by molar-refractivity contribution is 5.53. The van der Waals surface area contributed by atoms with Crippen LogP contribution in [0.3, 0.4) is 0 Å². The number of hydrogen-bond donors (Lipinski definition) is 2. The fourth-order valence-electron chi connectivity index (χ4n) is 2.88. The van der Waals surface area contributed by atoms with Gasteiger partial charge in [0.25, 0.3) is 0 Å². The standard InChI is InChI=1S/C17H22N4/c1-2-18-15-10-6-7-11-16-14(15)12-19-17(21-16)20-13-8-4-3-5-9-13/h3-5,8-9,12,15,18H,2,6-7,10-11H2,1H3,(H,19,20,21). The normalized spacial score (nSPS) is 17.9. The predicted molar refractivity (Wildman–Crippen MR) is 85.7 cm³/mol. The van der Waals surface area contributed by atoms with E-state index in [1.165, 1.54) is 30.5 Å². The first-order valence-electron chi connectivity index (χ1n) is 7.78. The molecule has 0 saturated carbocycles. The highest BCUT2D eigenvalue weighted by Crippen LogP contribution is 2.28. The van der Waals surface area contributed by atoms with Gasteiger partial charge in [-0.25, -0.2) is 9.97 Å². The van der Waals surface area contributed by atoms with Crippen molar-refractivity contribution >= 4 is 11.6 Å². The van der Waals surface area contributed by atoms with Gasteiger partial charge < -0.3 is 10.6 Å². The van der Waals surface area contributed by atoms with Gasteiger partial charge in [0.1, 0.15) is 0 Å². The second kappa shape index (κ2) is 6.68. The lowest BCUT2D eigenvalue weighted by Gasteiger charge is -2.18. The molecule has 1 heterocycles. The largest absolute Gasteiger partial charge is 0.324 e. The highest BCUT2D eigenvalue weighted by Gasteiger charge is 2.19. The molecule has 0 saturated heterocycles. The lowest BCUT2D eigenvalue weighted by molar-refractivity contribution is 0.502. The van der Waals surface area contributed by atoms with Crippen LogP contribution in [-0.2, 0) is 6.42 Å². The van der Waals surface area contributed by atoms with Crippen molar-refractivity contribution in [2.75, 3.05) is 11.9 Å². The summed E-state index contributed by atoms with van der Waals surface area (Å²) in [5, 5.41) is 6.83. The quantitative estimate of drug-likeness (QED) is 0.841. The maximum absolute atomic E-state index is 4.74. The predicted octanol–water partition coefficient (Wildman–Crippen LogP) is 3.60. The summed E-state index contributed by atoms with van der Waals surface area (Å²) in [6.07, 6.45) is 6.66. The molecule has 21 heavy (non-hydrogen) atoms. The Bertz CT molecular complexity index is 583. The minimum Gasteiger partial charge on any atom is -0.324 e. The number of hydrogen-bond acceptors (Lipinski definition) is 4. The van der Waals surface area contributed by atoms with E-state index >= 15 is 0 Å². The lowest BCUT2D eigenvalue weighted by Crippen LogP contribution is -2.21. The smallest absolute Gasteiger partial charge is 0.227 e. The van der Waals surface area contributed by atoms with Crippen LogP contribution in [0.4, 0.5) is 11.6 Å². The van der Waals surface area contributed by atoms with Crippen LogP contribution < -0.4 is 10.6 Å². The minimum absolute atomic E-state index is 0.401. The average Bonchev–Trinajstić information content (AvgIpc) is 2.71. The second-order valence-corrected chi connectivity index (χ2v) is 5.44. The number of nitrogens with zero attached hydrogens (tertiary/aromatic N) is 2. The molecule has 4 nitrogen and oxygen atoms in total. The maximum Gasteiger partial charge on any atom is 0.227 e. The molecular weight excluding hydrogens is 260 g/mol. The molecule has 1 aromatic carbocycles. The van der Waals surface area contributed by atoms with Crippen molar-refractivity contribution in [3.8, 4) is 0 Å². The molecule has 4 heteroatoms. The van der Waals surface area contributed by atoms with E-state index in [1.54, 1.807) is 0 Å². The van der Waals surface area contributed by atoms with Gasteiger partial charge in [0.2, 0.25) is 5.95 Å². The fraction of sp³-hybridized carbons (Fsp3) is 0.412. The summed E-state index contributed by atoms with van der Waals surface area (Å²) in [6, 6.07) is 10.5. The van der Waals surface area contributed by atoms with E-state index < -0.39 is 0 Å². The first-order chi connectivity index (χ1) is 10.4. The molecule has 0 radical (unpaired) electrons. The summed E-state index contributed by atoms with van der Waals surface area (Å²) in [7, 11) is 0. The van der Waals surface area contributed by atoms with E-state index in [0.29, 0.717) is 12.0 Å². The van der Waals surface area contributed by atoms with E-state index in [0.717, 1.165) is 18.7 Å². The zero-order valence-corrected chi connectivity index (χ0v) is 12.5. The van der Waals surface area contributed by atoms with Crippen molar-refractivity contribution in [1.29, 1.82) is 0 Å². The number of aromatic nitrogens is 2. The molecule has 2 aromatic rings. The van der Waals surface area contributed by atoms with Crippen LogP contribution in [0.15, 0.2) is 36.5 Å². The number of nitrogens with one attached hydrogen (secondary N) is 2. The molecule has 2 N–H and O–H groups in total. The van der Waals surface area contributed by atoms with Gasteiger partial charge >= 0.3 is 0 Å². The van der Waals surface area contributed by atoms with Gasteiger partial charge in [-0.2, -0.15) is 0 Å². The van der Waals surface area contributed by atoms with Crippen LogP contribution in [0.25, 0.3) is 0 Å². The molecule has 1 aromatic heterocycles. The van der Waals surface area contributed by atoms with E-state index in [4.69, 9.17) is 4.98 Å². The summed E-state index contributed by atoms with van der Waals surface area (Å²) >= 11 is 0. The molecule has 1 atom stereocenters. The Balaban J connectivity index is 1.84. The van der Waals surface area contributed by atoms with Crippen LogP contribution in [0, 0.1) is 0 Å². The zero-order valence-electron chi connectivity index (χ0n) is 12.5. The third-order valence-electron chi connectivity index (χ3n) is 3.91. The minimum atomic E-state index is 0.401. The Morgan fingerprint density at radius 2 is 2.05 bits per heavy atom. The second-order valence-electron chi connectivity index (χ2n) is 5.44. The van der Waals surface area contributed by atoms with Crippen molar-refractivity contribution < 1.29 is 0 Å². The van der Waals surface area contributed by atoms with Crippen LogP contribution in [-0.4, -0.2) is 16.5 Å². The van der Waals surface area contributed by atoms with E-state index in [9.17, 15) is 0 Å². The van der Waals surface area contributed by atoms with Crippen molar-refractivity contribution in [3.05, 3.63) is 47.8 Å². The maximum atomic E-state index is 4.74. The number of benzene rings is 1. The number of fused-ring (bicyclic) bond motifs is 1. The third-order valence-corrected chi connectivity index (χ3v) is 3.91. The molecule has 0 aliphatic heterocycles. The number of anilines is 2. The Labute approximate surface area is 126 Å². The summed E-state index contributed by atoms with van der Waals surface area (Å²) in [5.74, 6) is 0.692. The van der Waals surface area contributed by atoms with Gasteiger partial charge in [-0.3, -0.25) is 0 Å². The topological polar surface area (TPSA) is 49.8 Å². The monoisotopic (exact) mass is 282 g/mol. The zero-order chi connectivity index (χ0) is 14.5. The number of aryl methyl sites for hydroxylation is 1. The molecule has 3 rings (SSSR count). The fourth-order valence-corrected chi connectivity index (χ4v) is 2.88. The van der Waals surface area contributed by atoms with Crippen LogP contribution in [0.1, 0.15) is 43.5 Å². The van der Waals surface area contributed by atoms with Gasteiger partial charge in [0, 0.05) is 23.5 Å². The molecule has 0 amide bonds. The Morgan fingerprint density at radius 3 is 2.86 bits per heavy atom. The van der Waals surface area contributed by atoms with E-state index in [-0.39, 0.29) is 0 Å². The van der Waals surface area contributed by atoms with Gasteiger partial charge in [-0.1, -0.05) is 31.5 Å². The number of rotatable bonds is 4. The first kappa shape index (κ1) is 14.0. The molecule has 0 spiro atoms. The first-order valence-corrected chi connectivity index (χ1v) is 7.78. The SMILES string of the molecule is CCNC1CCCCc2nc(Nc3ccccc3)ncc21. The van der Waals surface area contributed by atoms with Crippen molar-refractivity contribution in [3.63, 3.8) is 0 Å². The van der Waals surface area contributed by atoms with Crippen LogP contribution in [0.2, 0.25) is 0 Å². The van der Waals surface area contributed by atoms with Gasteiger partial charge in [0.15, 0.2) is 0 Å². The lowest BCUT2D eigenvalue weighted by atomic mass is 10.1. The van der Waals surface area contributed by atoms with Crippen LogP contribution in [0.5, 0.6) is 0 Å². The van der Waals surface area contributed by atoms with Gasteiger partial charge in [-0.15, -0.1) is 0 Å². The molecule has 0 fully saturated rings. The van der Waals surface area contributed by atoms with Crippen molar-refractivity contribution in [2.45, 2.75) is 38.6 Å². The van der Waals surface area contributed by atoms with Gasteiger partial charge in [0.05, 0.1) is 5.69 Å². The molecule has 1 aliphatic carbocycles. The average molecular weight is 282 g/mol. The third kappa shape index (κ3) is 3.39. The number of para-hydroxylation sites is 1. The Hall–Kier alpha value is -1.94. The van der Waals surface area contributed by atoms with Crippen molar-refractivity contribution in [2.24, 2.45) is 0 Å². The molecule has 1 unspecified atom stereocenters. The Kier molecular flexibility index (Phi) is 4.46. The summed E-state index contributed by atoms with van der Waals surface area (Å²) in [4.78, 5) is 9.24. The van der Waals surface area contributed by atoms with Crippen LogP contribution >= 0.6 is 0 Å². The van der Waals surface area contributed by atoms with E-state index in [1.807, 2.05) is 36.5 Å². The molecular formula is C17H22N4. The van der Waals surface area contributed by atoms with Crippen molar-refractivity contribution in [1.82, 2.24) is 15.3 Å². The molecule has 0 bridgehead atoms. The summed E-state index contributed by atoms with van der Waals surface area (Å²) in [6.45, 7) is 3.13. The van der Waals surface area contributed by atoms with Gasteiger partial charge in [-0.05, 0) is 37.9 Å². The molecule has 110 valence electrons. The summed E-state index contributed by atoms with van der Waals surface area (Å²) in [5.41, 5.74) is 3.48. The Morgan fingerprint density at radius 1 is 1.19 bits per heavy atom. The highest BCUT2D eigenvalue weighted by atomic mass is 15.1. The summed E-state index contributed by atoms with van der Waals surface area (Å²) < 4.78 is 0. The van der Waals surface area contributed by atoms with E-state index in [2.05, 4.69) is 22.5 Å².